The van der Waals surface area contributed by atoms with Gasteiger partial charge >= 0.3 is 0 Å². The first-order valence-corrected chi connectivity index (χ1v) is 7.31. The highest BCUT2D eigenvalue weighted by atomic mass is 16.5. The Hall–Kier alpha value is -1.06. The van der Waals surface area contributed by atoms with Gasteiger partial charge in [0.1, 0.15) is 5.75 Å². The highest BCUT2D eigenvalue weighted by Crippen LogP contribution is 2.38. The number of ether oxygens (including phenoxy) is 1. The Labute approximate surface area is 115 Å². The van der Waals surface area contributed by atoms with E-state index >= 15 is 0 Å². The van der Waals surface area contributed by atoms with Crippen LogP contribution >= 0.6 is 0 Å². The van der Waals surface area contributed by atoms with Crippen LogP contribution in [0.2, 0.25) is 0 Å². The molecule has 3 nitrogen and oxygen atoms in total. The van der Waals surface area contributed by atoms with E-state index < -0.39 is 0 Å². The van der Waals surface area contributed by atoms with Gasteiger partial charge in [0.15, 0.2) is 0 Å². The maximum Gasteiger partial charge on any atom is 0.123 e. The van der Waals surface area contributed by atoms with Crippen LogP contribution in [-0.4, -0.2) is 31.1 Å². The SMILES string of the molecule is COc1ccc(C)cc1C(N)CN1CC2CCC1C2. The third kappa shape index (κ3) is 2.49. The van der Waals surface area contributed by atoms with Gasteiger partial charge in [-0.15, -0.1) is 0 Å². The molecular weight excluding hydrogens is 236 g/mol. The van der Waals surface area contributed by atoms with E-state index in [0.29, 0.717) is 0 Å². The molecule has 0 radical (unpaired) electrons. The van der Waals surface area contributed by atoms with Gasteiger partial charge in [-0.05, 0) is 38.2 Å². The lowest BCUT2D eigenvalue weighted by Crippen LogP contribution is -2.37. The van der Waals surface area contributed by atoms with Crippen LogP contribution in [0.25, 0.3) is 0 Å². The molecule has 0 aromatic heterocycles. The molecule has 3 unspecified atom stereocenters. The number of hydrogen-bond donors (Lipinski definition) is 1. The van der Waals surface area contributed by atoms with Gasteiger partial charge in [-0.1, -0.05) is 17.7 Å². The second kappa shape index (κ2) is 5.14. The molecule has 2 fully saturated rings. The van der Waals surface area contributed by atoms with Crippen molar-refractivity contribution in [2.45, 2.75) is 38.3 Å². The maximum atomic E-state index is 6.43. The zero-order chi connectivity index (χ0) is 13.4. The van der Waals surface area contributed by atoms with E-state index in [-0.39, 0.29) is 6.04 Å². The van der Waals surface area contributed by atoms with Crippen molar-refractivity contribution in [1.82, 2.24) is 4.90 Å². The number of methoxy groups -OCH3 is 1. The number of benzene rings is 1. The monoisotopic (exact) mass is 260 g/mol. The first-order chi connectivity index (χ1) is 9.17. The third-order valence-electron chi connectivity index (χ3n) is 4.74. The zero-order valence-corrected chi connectivity index (χ0v) is 11.9. The fraction of sp³-hybridized carbons (Fsp3) is 0.625. The smallest absolute Gasteiger partial charge is 0.123 e. The second-order valence-corrected chi connectivity index (χ2v) is 6.14. The first-order valence-electron chi connectivity index (χ1n) is 7.31. The second-order valence-electron chi connectivity index (χ2n) is 6.14. The quantitative estimate of drug-likeness (QED) is 0.904. The number of likely N-dealkylation sites (tertiary alicyclic amines) is 1. The number of nitrogens with two attached hydrogens (primary N) is 1. The normalized spacial score (nSPS) is 27.7. The van der Waals surface area contributed by atoms with Crippen LogP contribution in [-0.2, 0) is 0 Å². The number of rotatable bonds is 4. The van der Waals surface area contributed by atoms with Crippen molar-refractivity contribution in [3.05, 3.63) is 29.3 Å². The number of nitrogens with zero attached hydrogens (tertiary/aromatic N) is 1. The summed E-state index contributed by atoms with van der Waals surface area (Å²) in [6.45, 7) is 4.31. The van der Waals surface area contributed by atoms with E-state index in [0.717, 1.165) is 29.8 Å². The van der Waals surface area contributed by atoms with Crippen LogP contribution in [0.4, 0.5) is 0 Å². The van der Waals surface area contributed by atoms with Gasteiger partial charge in [0.05, 0.1) is 7.11 Å². The lowest BCUT2D eigenvalue weighted by atomic mass is 10.0. The molecule has 1 aliphatic carbocycles. The molecule has 3 rings (SSSR count). The minimum Gasteiger partial charge on any atom is -0.496 e. The first kappa shape index (κ1) is 12.9. The van der Waals surface area contributed by atoms with Crippen LogP contribution in [0.3, 0.4) is 0 Å². The molecule has 1 aliphatic heterocycles. The Kier molecular flexibility index (Phi) is 3.50. The van der Waals surface area contributed by atoms with Crippen molar-refractivity contribution < 1.29 is 4.74 Å². The van der Waals surface area contributed by atoms with Gasteiger partial charge in [-0.25, -0.2) is 0 Å². The molecule has 0 amide bonds. The molecule has 2 N–H and O–H groups in total. The van der Waals surface area contributed by atoms with Gasteiger partial charge in [-0.3, -0.25) is 4.90 Å². The summed E-state index contributed by atoms with van der Waals surface area (Å²) in [4.78, 5) is 2.58. The molecule has 1 aromatic rings. The summed E-state index contributed by atoms with van der Waals surface area (Å²) in [5.74, 6) is 1.85. The molecular formula is C16H24N2O. The Bertz CT molecular complexity index is 460. The molecule has 3 heteroatoms. The average Bonchev–Trinajstić information content (AvgIpc) is 3.01. The molecule has 1 saturated carbocycles. The fourth-order valence-corrected chi connectivity index (χ4v) is 3.74. The van der Waals surface area contributed by atoms with Crippen LogP contribution in [0.15, 0.2) is 18.2 Å². The van der Waals surface area contributed by atoms with Crippen molar-refractivity contribution in [1.29, 1.82) is 0 Å². The summed E-state index contributed by atoms with van der Waals surface area (Å²) in [5, 5.41) is 0. The average molecular weight is 260 g/mol. The van der Waals surface area contributed by atoms with Gasteiger partial charge in [0.25, 0.3) is 0 Å². The molecule has 1 saturated heterocycles. The van der Waals surface area contributed by atoms with E-state index in [9.17, 15) is 0 Å². The van der Waals surface area contributed by atoms with Crippen LogP contribution in [0, 0.1) is 12.8 Å². The molecule has 2 aliphatic rings. The highest BCUT2D eigenvalue weighted by molar-refractivity contribution is 5.39. The van der Waals surface area contributed by atoms with Gasteiger partial charge < -0.3 is 10.5 Å². The minimum atomic E-state index is 0.0502. The molecule has 2 bridgehead atoms. The minimum absolute atomic E-state index is 0.0502. The predicted octanol–water partition coefficient (Wildman–Crippen LogP) is 2.49. The summed E-state index contributed by atoms with van der Waals surface area (Å²) < 4.78 is 5.45. The highest BCUT2D eigenvalue weighted by Gasteiger charge is 2.38. The van der Waals surface area contributed by atoms with E-state index in [4.69, 9.17) is 10.5 Å². The Morgan fingerprint density at radius 3 is 2.89 bits per heavy atom. The van der Waals surface area contributed by atoms with Crippen LogP contribution < -0.4 is 10.5 Å². The van der Waals surface area contributed by atoms with Crippen molar-refractivity contribution in [3.63, 3.8) is 0 Å². The summed E-state index contributed by atoms with van der Waals surface area (Å²) >= 11 is 0. The van der Waals surface area contributed by atoms with Crippen molar-refractivity contribution in [3.8, 4) is 5.75 Å². The predicted molar refractivity (Wildman–Crippen MR) is 77.4 cm³/mol. The van der Waals surface area contributed by atoms with Crippen molar-refractivity contribution in [2.24, 2.45) is 11.7 Å². The Balaban J connectivity index is 1.73. The standard InChI is InChI=1S/C16H24N2O/c1-11-3-6-16(19-2)14(7-11)15(17)10-18-9-12-4-5-13(18)8-12/h3,6-7,12-13,15H,4-5,8-10,17H2,1-2H3. The van der Waals surface area contributed by atoms with Crippen LogP contribution in [0.5, 0.6) is 5.75 Å². The molecule has 3 atom stereocenters. The van der Waals surface area contributed by atoms with E-state index in [1.807, 2.05) is 6.07 Å². The number of hydrogen-bond acceptors (Lipinski definition) is 3. The van der Waals surface area contributed by atoms with Crippen LogP contribution in [0.1, 0.15) is 36.4 Å². The number of fused-ring (bicyclic) bond motifs is 2. The van der Waals surface area contributed by atoms with E-state index in [1.165, 1.54) is 31.4 Å². The molecule has 104 valence electrons. The van der Waals surface area contributed by atoms with Crippen molar-refractivity contribution >= 4 is 0 Å². The van der Waals surface area contributed by atoms with Gasteiger partial charge in [0.2, 0.25) is 0 Å². The Morgan fingerprint density at radius 1 is 1.42 bits per heavy atom. The maximum absolute atomic E-state index is 6.43. The number of aryl methyl sites for hydroxylation is 1. The Morgan fingerprint density at radius 2 is 2.26 bits per heavy atom. The van der Waals surface area contributed by atoms with E-state index in [1.54, 1.807) is 7.11 Å². The fourth-order valence-electron chi connectivity index (χ4n) is 3.74. The van der Waals surface area contributed by atoms with Crippen molar-refractivity contribution in [2.75, 3.05) is 20.2 Å². The topological polar surface area (TPSA) is 38.5 Å². The lowest BCUT2D eigenvalue weighted by Gasteiger charge is -2.30. The molecule has 1 aromatic carbocycles. The summed E-state index contributed by atoms with van der Waals surface area (Å²) in [5.41, 5.74) is 8.82. The largest absolute Gasteiger partial charge is 0.496 e. The van der Waals surface area contributed by atoms with Gasteiger partial charge in [-0.2, -0.15) is 0 Å². The summed E-state index contributed by atoms with van der Waals surface area (Å²) in [6, 6.07) is 7.10. The molecule has 0 spiro atoms. The summed E-state index contributed by atoms with van der Waals surface area (Å²) in [6.07, 6.45) is 4.17. The zero-order valence-electron chi connectivity index (χ0n) is 11.9. The number of piperidine rings is 1. The molecule has 1 heterocycles. The lowest BCUT2D eigenvalue weighted by molar-refractivity contribution is 0.201. The third-order valence-corrected chi connectivity index (χ3v) is 4.74. The summed E-state index contributed by atoms with van der Waals surface area (Å²) in [7, 11) is 1.72. The van der Waals surface area contributed by atoms with Gasteiger partial charge in [0, 0.05) is 30.7 Å². The van der Waals surface area contributed by atoms with E-state index in [2.05, 4.69) is 24.0 Å². The molecule has 19 heavy (non-hydrogen) atoms.